The maximum Gasteiger partial charge on any atom is 0.243 e. The summed E-state index contributed by atoms with van der Waals surface area (Å²) in [6, 6.07) is 16.3. The van der Waals surface area contributed by atoms with Crippen LogP contribution in [-0.2, 0) is 21.2 Å². The molecule has 1 fully saturated rings. The Labute approximate surface area is 176 Å². The van der Waals surface area contributed by atoms with Crippen molar-refractivity contribution in [2.75, 3.05) is 19.6 Å². The predicted octanol–water partition coefficient (Wildman–Crippen LogP) is 2.71. The molecule has 2 aromatic carbocycles. The van der Waals surface area contributed by atoms with Crippen molar-refractivity contribution in [3.05, 3.63) is 60.4 Å². The Morgan fingerprint density at radius 2 is 1.90 bits per heavy atom. The van der Waals surface area contributed by atoms with Crippen LogP contribution in [0.1, 0.15) is 25.1 Å². The molecule has 1 unspecified atom stereocenters. The fourth-order valence-electron chi connectivity index (χ4n) is 3.85. The number of fused-ring (bicyclic) bond motifs is 1. The van der Waals surface area contributed by atoms with Gasteiger partial charge < -0.3 is 10.3 Å². The second-order valence-corrected chi connectivity index (χ2v) is 9.55. The quantitative estimate of drug-likeness (QED) is 0.568. The van der Waals surface area contributed by atoms with Gasteiger partial charge in [-0.25, -0.2) is 13.4 Å². The van der Waals surface area contributed by atoms with Crippen LogP contribution in [0, 0.1) is 5.92 Å². The molecule has 2 N–H and O–H groups in total. The molecule has 7 nitrogen and oxygen atoms in total. The molecule has 1 amide bonds. The minimum absolute atomic E-state index is 0.0763. The van der Waals surface area contributed by atoms with E-state index in [-0.39, 0.29) is 23.3 Å². The van der Waals surface area contributed by atoms with Gasteiger partial charge in [0.2, 0.25) is 15.9 Å². The molecule has 8 heteroatoms. The zero-order valence-corrected chi connectivity index (χ0v) is 17.6. The minimum Gasteiger partial charge on any atom is -0.356 e. The average Bonchev–Trinajstić information content (AvgIpc) is 3.20. The lowest BCUT2D eigenvalue weighted by atomic mass is 9.99. The Bertz CT molecular complexity index is 1080. The van der Waals surface area contributed by atoms with Crippen LogP contribution in [0.15, 0.2) is 59.5 Å². The van der Waals surface area contributed by atoms with Crippen molar-refractivity contribution in [3.63, 3.8) is 0 Å². The van der Waals surface area contributed by atoms with Crippen LogP contribution in [0.2, 0.25) is 0 Å². The monoisotopic (exact) mass is 426 g/mol. The summed E-state index contributed by atoms with van der Waals surface area (Å²) in [5.74, 6) is 0.513. The van der Waals surface area contributed by atoms with Gasteiger partial charge >= 0.3 is 0 Å². The first-order chi connectivity index (χ1) is 14.5. The second kappa shape index (κ2) is 8.97. The highest BCUT2D eigenvalue weighted by Crippen LogP contribution is 2.23. The lowest BCUT2D eigenvalue weighted by molar-refractivity contribution is -0.126. The van der Waals surface area contributed by atoms with Gasteiger partial charge in [-0.05, 0) is 43.5 Å². The van der Waals surface area contributed by atoms with Crippen molar-refractivity contribution in [2.45, 2.75) is 30.6 Å². The highest BCUT2D eigenvalue weighted by molar-refractivity contribution is 7.89. The summed E-state index contributed by atoms with van der Waals surface area (Å²) in [4.78, 5) is 20.7. The Balaban J connectivity index is 1.28. The van der Waals surface area contributed by atoms with Gasteiger partial charge in [-0.2, -0.15) is 4.31 Å². The molecule has 0 aliphatic carbocycles. The number of hydrogen-bond donors (Lipinski definition) is 2. The Kier molecular flexibility index (Phi) is 6.15. The summed E-state index contributed by atoms with van der Waals surface area (Å²) in [5, 5.41) is 2.97. The Hall–Kier alpha value is -2.71. The molecule has 0 spiro atoms. The number of aromatic nitrogens is 2. The number of sulfonamides is 1. The molecule has 3 aromatic rings. The van der Waals surface area contributed by atoms with Gasteiger partial charge in [0.15, 0.2) is 0 Å². The second-order valence-electron chi connectivity index (χ2n) is 7.61. The van der Waals surface area contributed by atoms with Gasteiger partial charge in [-0.1, -0.05) is 30.3 Å². The van der Waals surface area contributed by atoms with Crippen LogP contribution >= 0.6 is 0 Å². The van der Waals surface area contributed by atoms with Crippen molar-refractivity contribution < 1.29 is 13.2 Å². The van der Waals surface area contributed by atoms with E-state index in [0.29, 0.717) is 25.9 Å². The topological polar surface area (TPSA) is 95.2 Å². The van der Waals surface area contributed by atoms with Gasteiger partial charge in [0.05, 0.1) is 21.8 Å². The summed E-state index contributed by atoms with van der Waals surface area (Å²) in [6.45, 7) is 1.22. The molecule has 2 heterocycles. The number of nitrogens with zero attached hydrogens (tertiary/aromatic N) is 2. The normalized spacial score (nSPS) is 17.8. The van der Waals surface area contributed by atoms with Crippen LogP contribution in [0.25, 0.3) is 11.0 Å². The minimum atomic E-state index is -3.56. The van der Waals surface area contributed by atoms with Crippen LogP contribution in [0.5, 0.6) is 0 Å². The molecule has 0 saturated carbocycles. The van der Waals surface area contributed by atoms with E-state index in [4.69, 9.17) is 0 Å². The van der Waals surface area contributed by atoms with Crippen molar-refractivity contribution in [1.29, 1.82) is 0 Å². The number of hydrogen-bond acceptors (Lipinski definition) is 4. The fourth-order valence-corrected chi connectivity index (χ4v) is 5.40. The van der Waals surface area contributed by atoms with Crippen LogP contribution in [0.4, 0.5) is 0 Å². The van der Waals surface area contributed by atoms with E-state index in [0.717, 1.165) is 29.7 Å². The van der Waals surface area contributed by atoms with Gasteiger partial charge in [-0.3, -0.25) is 4.79 Å². The highest BCUT2D eigenvalue weighted by atomic mass is 32.2. The third kappa shape index (κ3) is 4.55. The number of aromatic amines is 1. The Morgan fingerprint density at radius 3 is 2.70 bits per heavy atom. The van der Waals surface area contributed by atoms with Gasteiger partial charge in [0, 0.05) is 26.1 Å². The molecule has 158 valence electrons. The maximum absolute atomic E-state index is 12.8. The van der Waals surface area contributed by atoms with Crippen molar-refractivity contribution in [2.24, 2.45) is 5.92 Å². The number of carbonyl (C=O) groups is 1. The number of rotatable bonds is 7. The number of imidazole rings is 1. The van der Waals surface area contributed by atoms with E-state index in [9.17, 15) is 13.2 Å². The smallest absolute Gasteiger partial charge is 0.243 e. The fraction of sp³-hybridized carbons (Fsp3) is 0.364. The Morgan fingerprint density at radius 1 is 1.13 bits per heavy atom. The lowest BCUT2D eigenvalue weighted by Crippen LogP contribution is -2.45. The summed E-state index contributed by atoms with van der Waals surface area (Å²) in [7, 11) is -3.56. The van der Waals surface area contributed by atoms with Gasteiger partial charge in [-0.15, -0.1) is 0 Å². The van der Waals surface area contributed by atoms with Crippen molar-refractivity contribution >= 4 is 27.0 Å². The number of amides is 1. The number of nitrogens with one attached hydrogen (secondary N) is 2. The lowest BCUT2D eigenvalue weighted by Gasteiger charge is -2.31. The molecule has 0 radical (unpaired) electrons. The van der Waals surface area contributed by atoms with Gasteiger partial charge in [0.25, 0.3) is 0 Å². The number of aryl methyl sites for hydroxylation is 1. The van der Waals surface area contributed by atoms with Crippen LogP contribution in [0.3, 0.4) is 0 Å². The predicted molar refractivity (Wildman–Crippen MR) is 115 cm³/mol. The van der Waals surface area contributed by atoms with Gasteiger partial charge in [0.1, 0.15) is 5.82 Å². The molecule has 0 bridgehead atoms. The molecule has 30 heavy (non-hydrogen) atoms. The van der Waals surface area contributed by atoms with E-state index in [1.54, 1.807) is 30.3 Å². The average molecular weight is 427 g/mol. The van der Waals surface area contributed by atoms with Crippen molar-refractivity contribution in [3.8, 4) is 0 Å². The van der Waals surface area contributed by atoms with E-state index in [1.165, 1.54) is 4.31 Å². The SMILES string of the molecule is O=C(NCCCc1nc2ccccc2[nH]1)C1CCCN(S(=O)(=O)c2ccccc2)C1. The molecule has 1 aliphatic heterocycles. The molecule has 1 atom stereocenters. The number of para-hydroxylation sites is 2. The molecule has 1 aromatic heterocycles. The van der Waals surface area contributed by atoms with Crippen molar-refractivity contribution in [1.82, 2.24) is 19.6 Å². The third-order valence-corrected chi connectivity index (χ3v) is 7.34. The third-order valence-electron chi connectivity index (χ3n) is 5.46. The van der Waals surface area contributed by atoms with E-state index >= 15 is 0 Å². The largest absolute Gasteiger partial charge is 0.356 e. The first kappa shape index (κ1) is 20.6. The zero-order valence-electron chi connectivity index (χ0n) is 16.8. The molecular weight excluding hydrogens is 400 g/mol. The summed E-state index contributed by atoms with van der Waals surface area (Å²) >= 11 is 0. The van der Waals surface area contributed by atoms with Crippen LogP contribution < -0.4 is 5.32 Å². The number of carbonyl (C=O) groups excluding carboxylic acids is 1. The molecular formula is C22H26N4O3S. The number of piperidine rings is 1. The standard InChI is InChI=1S/C22H26N4O3S/c27-22(23-14-6-13-21-24-19-11-4-5-12-20(19)25-21)17-8-7-15-26(16-17)30(28,29)18-9-2-1-3-10-18/h1-5,9-12,17H,6-8,13-16H2,(H,23,27)(H,24,25). The van der Waals surface area contributed by atoms with Crippen LogP contribution in [-0.4, -0.2) is 48.2 Å². The van der Waals surface area contributed by atoms with E-state index in [1.807, 2.05) is 24.3 Å². The number of benzene rings is 2. The molecule has 1 aliphatic rings. The summed E-state index contributed by atoms with van der Waals surface area (Å²) in [5.41, 5.74) is 1.96. The summed E-state index contributed by atoms with van der Waals surface area (Å²) in [6.07, 6.45) is 2.90. The van der Waals surface area contributed by atoms with E-state index < -0.39 is 10.0 Å². The first-order valence-electron chi connectivity index (χ1n) is 10.3. The molecule has 4 rings (SSSR count). The number of H-pyrrole nitrogens is 1. The first-order valence-corrected chi connectivity index (χ1v) is 11.7. The van der Waals surface area contributed by atoms with E-state index in [2.05, 4.69) is 15.3 Å². The summed E-state index contributed by atoms with van der Waals surface area (Å²) < 4.78 is 27.1. The maximum atomic E-state index is 12.8. The zero-order chi connectivity index (χ0) is 21.0. The molecule has 1 saturated heterocycles. The highest BCUT2D eigenvalue weighted by Gasteiger charge is 2.33.